The first kappa shape index (κ1) is 14.3. The number of halogens is 1. The fraction of sp³-hybridized carbons (Fsp3) is 0.385. The van der Waals surface area contributed by atoms with Gasteiger partial charge in [0.2, 0.25) is 0 Å². The van der Waals surface area contributed by atoms with Crippen LogP contribution in [0.25, 0.3) is 0 Å². The van der Waals surface area contributed by atoms with E-state index in [9.17, 15) is 4.79 Å². The number of hydrogen-bond donors (Lipinski definition) is 0. The molecule has 2 aromatic heterocycles. The van der Waals surface area contributed by atoms with Crippen LogP contribution < -0.4 is 10.5 Å². The molecule has 2 heterocycles. The normalized spacial score (nSPS) is 10.7. The molecule has 0 atom stereocenters. The van der Waals surface area contributed by atoms with E-state index < -0.39 is 0 Å². The van der Waals surface area contributed by atoms with Gasteiger partial charge in [-0.3, -0.25) is 4.79 Å². The minimum absolute atomic E-state index is 0.0648. The summed E-state index contributed by atoms with van der Waals surface area (Å²) in [4.78, 5) is 15.2. The summed E-state index contributed by atoms with van der Waals surface area (Å²) in [5.41, 5.74) is 0.806. The average molecular weight is 342 g/mol. The van der Waals surface area contributed by atoms with E-state index in [-0.39, 0.29) is 5.56 Å². The van der Waals surface area contributed by atoms with Crippen molar-refractivity contribution >= 4 is 33.0 Å². The van der Waals surface area contributed by atoms with E-state index in [1.54, 1.807) is 23.6 Å². The SMILES string of the molecule is CCCN(C)c1cnn(Cc2cc(Br)cs2)c(=O)c1. The van der Waals surface area contributed by atoms with Gasteiger partial charge in [-0.2, -0.15) is 5.10 Å². The predicted molar refractivity (Wildman–Crippen MR) is 83.2 cm³/mol. The minimum Gasteiger partial charge on any atom is -0.373 e. The minimum atomic E-state index is -0.0648. The smallest absolute Gasteiger partial charge is 0.269 e. The summed E-state index contributed by atoms with van der Waals surface area (Å²) < 4.78 is 2.53. The van der Waals surface area contributed by atoms with Crippen molar-refractivity contribution in [2.45, 2.75) is 19.9 Å². The Kier molecular flexibility index (Phi) is 4.76. The van der Waals surface area contributed by atoms with E-state index in [0.29, 0.717) is 6.54 Å². The first-order valence-electron chi connectivity index (χ1n) is 6.11. The second-order valence-electron chi connectivity index (χ2n) is 4.36. The van der Waals surface area contributed by atoms with Crippen molar-refractivity contribution in [3.8, 4) is 0 Å². The predicted octanol–water partition coefficient (Wildman–Crippen LogP) is 2.96. The molecule has 0 unspecified atom stereocenters. The molecule has 102 valence electrons. The molecule has 19 heavy (non-hydrogen) atoms. The van der Waals surface area contributed by atoms with Crippen LogP contribution in [0.5, 0.6) is 0 Å². The second kappa shape index (κ2) is 6.34. The molecule has 0 fully saturated rings. The lowest BCUT2D eigenvalue weighted by Gasteiger charge is -2.17. The van der Waals surface area contributed by atoms with E-state index in [1.807, 2.05) is 23.4 Å². The van der Waals surface area contributed by atoms with Crippen molar-refractivity contribution in [2.24, 2.45) is 0 Å². The van der Waals surface area contributed by atoms with Gasteiger partial charge in [-0.25, -0.2) is 4.68 Å². The highest BCUT2D eigenvalue weighted by atomic mass is 79.9. The van der Waals surface area contributed by atoms with Crippen LogP contribution in [0.1, 0.15) is 18.2 Å². The van der Waals surface area contributed by atoms with Gasteiger partial charge in [0.15, 0.2) is 0 Å². The number of aromatic nitrogens is 2. The Morgan fingerprint density at radius 1 is 1.47 bits per heavy atom. The third-order valence-corrected chi connectivity index (χ3v) is 4.46. The summed E-state index contributed by atoms with van der Waals surface area (Å²) in [6.07, 6.45) is 2.79. The first-order valence-corrected chi connectivity index (χ1v) is 7.78. The Bertz CT molecular complexity index is 608. The Hall–Kier alpha value is -1.14. The molecular formula is C13H16BrN3OS. The lowest BCUT2D eigenvalue weighted by Crippen LogP contribution is -2.26. The number of rotatable bonds is 5. The molecule has 0 radical (unpaired) electrons. The molecule has 4 nitrogen and oxygen atoms in total. The standard InChI is InChI=1S/C13H16BrN3OS/c1-3-4-16(2)11-6-13(18)17(15-7-11)8-12-5-10(14)9-19-12/h5-7,9H,3-4,8H2,1-2H3. The molecule has 0 aromatic carbocycles. The zero-order valence-corrected chi connectivity index (χ0v) is 13.4. The second-order valence-corrected chi connectivity index (χ2v) is 6.27. The average Bonchev–Trinajstić information content (AvgIpc) is 2.78. The van der Waals surface area contributed by atoms with Crippen molar-refractivity contribution < 1.29 is 0 Å². The van der Waals surface area contributed by atoms with Gasteiger partial charge in [0.05, 0.1) is 18.4 Å². The van der Waals surface area contributed by atoms with Gasteiger partial charge in [-0.05, 0) is 28.4 Å². The van der Waals surface area contributed by atoms with Crippen LogP contribution in [0.3, 0.4) is 0 Å². The van der Waals surface area contributed by atoms with Gasteiger partial charge < -0.3 is 4.90 Å². The van der Waals surface area contributed by atoms with E-state index in [1.165, 1.54) is 4.68 Å². The molecule has 0 amide bonds. The summed E-state index contributed by atoms with van der Waals surface area (Å²) in [6.45, 7) is 3.55. The summed E-state index contributed by atoms with van der Waals surface area (Å²) in [7, 11) is 1.97. The highest BCUT2D eigenvalue weighted by molar-refractivity contribution is 9.10. The summed E-state index contributed by atoms with van der Waals surface area (Å²) in [5.74, 6) is 0. The zero-order valence-electron chi connectivity index (χ0n) is 11.0. The molecule has 0 aliphatic heterocycles. The molecule has 0 spiro atoms. The van der Waals surface area contributed by atoms with Crippen LogP contribution in [0.15, 0.2) is 33.0 Å². The number of nitrogens with zero attached hydrogens (tertiary/aromatic N) is 3. The number of hydrogen-bond acceptors (Lipinski definition) is 4. The van der Waals surface area contributed by atoms with Gasteiger partial charge >= 0.3 is 0 Å². The largest absolute Gasteiger partial charge is 0.373 e. The summed E-state index contributed by atoms with van der Waals surface area (Å²) >= 11 is 5.02. The highest BCUT2D eigenvalue weighted by Crippen LogP contribution is 2.20. The molecule has 0 aliphatic carbocycles. The van der Waals surface area contributed by atoms with E-state index in [2.05, 4.69) is 28.0 Å². The first-order chi connectivity index (χ1) is 9.10. The third kappa shape index (κ3) is 3.67. The lowest BCUT2D eigenvalue weighted by molar-refractivity contribution is 0.643. The van der Waals surface area contributed by atoms with Crippen molar-refractivity contribution in [2.75, 3.05) is 18.5 Å². The van der Waals surface area contributed by atoms with E-state index in [4.69, 9.17) is 0 Å². The Morgan fingerprint density at radius 2 is 2.26 bits per heavy atom. The Balaban J connectivity index is 2.17. The van der Waals surface area contributed by atoms with Gasteiger partial charge in [-0.15, -0.1) is 11.3 Å². The molecule has 0 aliphatic rings. The summed E-state index contributed by atoms with van der Waals surface area (Å²) in [6, 6.07) is 3.65. The van der Waals surface area contributed by atoms with Crippen molar-refractivity contribution in [3.05, 3.63) is 43.4 Å². The maximum atomic E-state index is 12.0. The number of thiophene rings is 1. The van der Waals surface area contributed by atoms with Gasteiger partial charge in [0.1, 0.15) is 0 Å². The number of anilines is 1. The maximum Gasteiger partial charge on any atom is 0.269 e. The fourth-order valence-corrected chi connectivity index (χ4v) is 3.23. The molecule has 6 heteroatoms. The lowest BCUT2D eigenvalue weighted by atomic mass is 10.3. The molecule has 2 aromatic rings. The van der Waals surface area contributed by atoms with E-state index >= 15 is 0 Å². The molecule has 0 bridgehead atoms. The van der Waals surface area contributed by atoms with Crippen LogP contribution >= 0.6 is 27.3 Å². The van der Waals surface area contributed by atoms with Crippen molar-refractivity contribution in [1.29, 1.82) is 0 Å². The van der Waals surface area contributed by atoms with Crippen molar-refractivity contribution in [3.63, 3.8) is 0 Å². The van der Waals surface area contributed by atoms with Crippen LogP contribution in [-0.4, -0.2) is 23.4 Å². The Morgan fingerprint density at radius 3 is 2.84 bits per heavy atom. The molecule has 0 saturated heterocycles. The van der Waals surface area contributed by atoms with Gasteiger partial charge in [-0.1, -0.05) is 6.92 Å². The summed E-state index contributed by atoms with van der Waals surface area (Å²) in [5, 5.41) is 6.24. The monoisotopic (exact) mass is 341 g/mol. The third-order valence-electron chi connectivity index (χ3n) is 2.78. The van der Waals surface area contributed by atoms with Crippen molar-refractivity contribution in [1.82, 2.24) is 9.78 Å². The van der Waals surface area contributed by atoms with Crippen LogP contribution in [0, 0.1) is 0 Å². The molecular weight excluding hydrogens is 326 g/mol. The zero-order chi connectivity index (χ0) is 13.8. The van der Waals surface area contributed by atoms with Crippen LogP contribution in [-0.2, 0) is 6.54 Å². The van der Waals surface area contributed by atoms with Gasteiger partial charge in [0, 0.05) is 34.4 Å². The topological polar surface area (TPSA) is 38.1 Å². The molecule has 2 rings (SSSR count). The highest BCUT2D eigenvalue weighted by Gasteiger charge is 2.06. The maximum absolute atomic E-state index is 12.0. The molecule has 0 saturated carbocycles. The van der Waals surface area contributed by atoms with Gasteiger partial charge in [0.25, 0.3) is 5.56 Å². The van der Waals surface area contributed by atoms with Crippen LogP contribution in [0.2, 0.25) is 0 Å². The fourth-order valence-electron chi connectivity index (χ4n) is 1.80. The van der Waals surface area contributed by atoms with E-state index in [0.717, 1.165) is 28.0 Å². The van der Waals surface area contributed by atoms with Crippen LogP contribution in [0.4, 0.5) is 5.69 Å². The molecule has 0 N–H and O–H groups in total. The quantitative estimate of drug-likeness (QED) is 0.839. The Labute approximate surface area is 124 Å².